The van der Waals surface area contributed by atoms with Crippen molar-refractivity contribution in [1.82, 2.24) is 4.90 Å². The van der Waals surface area contributed by atoms with Gasteiger partial charge in [-0.2, -0.15) is 0 Å². The van der Waals surface area contributed by atoms with Crippen molar-refractivity contribution >= 4 is 11.6 Å². The van der Waals surface area contributed by atoms with Crippen LogP contribution in [0.25, 0.3) is 0 Å². The summed E-state index contributed by atoms with van der Waals surface area (Å²) in [6.07, 6.45) is 2.17. The number of amides is 1. The zero-order valence-electron chi connectivity index (χ0n) is 17.3. The third-order valence-electron chi connectivity index (χ3n) is 5.23. The maximum atomic E-state index is 13.1. The Labute approximate surface area is 167 Å². The lowest BCUT2D eigenvalue weighted by Crippen LogP contribution is -2.43. The molecular weight excluding hydrogens is 352 g/mol. The molecule has 0 saturated carbocycles. The molecule has 0 N–H and O–H groups in total. The van der Waals surface area contributed by atoms with Crippen LogP contribution in [0.1, 0.15) is 17.5 Å². The highest BCUT2D eigenvalue weighted by Gasteiger charge is 2.28. The first kappa shape index (κ1) is 20.2. The van der Waals surface area contributed by atoms with Crippen LogP contribution in [0, 0.1) is 5.92 Å². The van der Waals surface area contributed by atoms with Gasteiger partial charge in [-0.05, 0) is 62.2 Å². The molecule has 0 radical (unpaired) electrons. The van der Waals surface area contributed by atoms with Crippen LogP contribution in [0.5, 0.6) is 11.5 Å². The van der Waals surface area contributed by atoms with Crippen molar-refractivity contribution in [1.29, 1.82) is 0 Å². The SMILES string of the molecule is COc1ccc(CCC(=O)N2CC(CN(C)C)Cc3ccccc32)cc1OC. The van der Waals surface area contributed by atoms with Gasteiger partial charge in [0.05, 0.1) is 14.2 Å². The number of fused-ring (bicyclic) bond motifs is 1. The minimum Gasteiger partial charge on any atom is -0.493 e. The number of hydrogen-bond donors (Lipinski definition) is 0. The standard InChI is InChI=1S/C23H30N2O3/c1-24(2)15-18-13-19-7-5-6-8-20(19)25(16-18)23(26)12-10-17-9-11-21(27-3)22(14-17)28-4/h5-9,11,14,18H,10,12-13,15-16H2,1-4H3. The van der Waals surface area contributed by atoms with E-state index in [1.807, 2.05) is 29.2 Å². The normalized spacial score (nSPS) is 16.0. The van der Waals surface area contributed by atoms with Crippen LogP contribution in [0.15, 0.2) is 42.5 Å². The third-order valence-corrected chi connectivity index (χ3v) is 5.23. The Morgan fingerprint density at radius 1 is 1.11 bits per heavy atom. The first-order chi connectivity index (χ1) is 13.5. The maximum absolute atomic E-state index is 13.1. The molecule has 0 fully saturated rings. The Morgan fingerprint density at radius 3 is 2.57 bits per heavy atom. The van der Waals surface area contributed by atoms with Crippen molar-refractivity contribution in [2.24, 2.45) is 5.92 Å². The van der Waals surface area contributed by atoms with Crippen LogP contribution in [-0.2, 0) is 17.6 Å². The fourth-order valence-electron chi connectivity index (χ4n) is 3.98. The highest BCUT2D eigenvalue weighted by atomic mass is 16.5. The third kappa shape index (κ3) is 4.65. The molecule has 1 aliphatic rings. The summed E-state index contributed by atoms with van der Waals surface area (Å²) in [5.74, 6) is 2.02. The summed E-state index contributed by atoms with van der Waals surface area (Å²) in [4.78, 5) is 17.3. The van der Waals surface area contributed by atoms with E-state index in [-0.39, 0.29) is 5.91 Å². The molecule has 0 aromatic heterocycles. The molecule has 150 valence electrons. The highest BCUT2D eigenvalue weighted by Crippen LogP contribution is 2.31. The van der Waals surface area contributed by atoms with Gasteiger partial charge in [-0.25, -0.2) is 0 Å². The van der Waals surface area contributed by atoms with Gasteiger partial charge in [0, 0.05) is 25.2 Å². The maximum Gasteiger partial charge on any atom is 0.227 e. The lowest BCUT2D eigenvalue weighted by Gasteiger charge is -2.36. The molecule has 1 heterocycles. The summed E-state index contributed by atoms with van der Waals surface area (Å²) >= 11 is 0. The van der Waals surface area contributed by atoms with Crippen molar-refractivity contribution < 1.29 is 14.3 Å². The Balaban J connectivity index is 1.72. The Bertz CT molecular complexity index is 819. The number of carbonyl (C=O) groups excluding carboxylic acids is 1. The average molecular weight is 383 g/mol. The predicted octanol–water partition coefficient (Wildman–Crippen LogP) is 3.40. The van der Waals surface area contributed by atoms with Gasteiger partial charge in [0.25, 0.3) is 0 Å². The Morgan fingerprint density at radius 2 is 1.86 bits per heavy atom. The molecule has 0 bridgehead atoms. The number of carbonyl (C=O) groups is 1. The summed E-state index contributed by atoms with van der Waals surface area (Å²) in [5, 5.41) is 0. The summed E-state index contributed by atoms with van der Waals surface area (Å²) in [6, 6.07) is 14.1. The molecule has 5 nitrogen and oxygen atoms in total. The molecular formula is C23H30N2O3. The first-order valence-electron chi connectivity index (χ1n) is 9.75. The van der Waals surface area contributed by atoms with E-state index in [1.54, 1.807) is 14.2 Å². The fourth-order valence-corrected chi connectivity index (χ4v) is 3.98. The molecule has 2 aromatic carbocycles. The Kier molecular flexibility index (Phi) is 6.57. The van der Waals surface area contributed by atoms with E-state index in [1.165, 1.54) is 5.56 Å². The predicted molar refractivity (Wildman–Crippen MR) is 112 cm³/mol. The van der Waals surface area contributed by atoms with E-state index in [9.17, 15) is 4.79 Å². The van der Waals surface area contributed by atoms with Gasteiger partial charge in [0.2, 0.25) is 5.91 Å². The monoisotopic (exact) mass is 382 g/mol. The van der Waals surface area contributed by atoms with Gasteiger partial charge in [0.1, 0.15) is 0 Å². The van der Waals surface area contributed by atoms with Crippen molar-refractivity contribution in [3.8, 4) is 11.5 Å². The highest BCUT2D eigenvalue weighted by molar-refractivity contribution is 5.94. The van der Waals surface area contributed by atoms with Crippen molar-refractivity contribution in [2.75, 3.05) is 46.3 Å². The smallest absolute Gasteiger partial charge is 0.227 e. The van der Waals surface area contributed by atoms with Gasteiger partial charge in [-0.15, -0.1) is 0 Å². The van der Waals surface area contributed by atoms with Crippen LogP contribution >= 0.6 is 0 Å². The molecule has 0 saturated heterocycles. The second kappa shape index (κ2) is 9.11. The van der Waals surface area contributed by atoms with Crippen molar-refractivity contribution in [3.63, 3.8) is 0 Å². The number of methoxy groups -OCH3 is 2. The number of rotatable bonds is 7. The van der Waals surface area contributed by atoms with Crippen LogP contribution < -0.4 is 14.4 Å². The number of nitrogens with zero attached hydrogens (tertiary/aromatic N) is 2. The molecule has 1 aliphatic heterocycles. The second-order valence-corrected chi connectivity index (χ2v) is 7.65. The number of aryl methyl sites for hydroxylation is 1. The topological polar surface area (TPSA) is 42.0 Å². The minimum absolute atomic E-state index is 0.172. The summed E-state index contributed by atoms with van der Waals surface area (Å²) in [5.41, 5.74) is 3.40. The lowest BCUT2D eigenvalue weighted by atomic mass is 9.91. The minimum atomic E-state index is 0.172. The quantitative estimate of drug-likeness (QED) is 0.736. The van der Waals surface area contributed by atoms with E-state index in [0.29, 0.717) is 30.3 Å². The van der Waals surface area contributed by atoms with Crippen molar-refractivity contribution in [3.05, 3.63) is 53.6 Å². The van der Waals surface area contributed by atoms with E-state index in [2.05, 4.69) is 37.2 Å². The van der Waals surface area contributed by atoms with E-state index >= 15 is 0 Å². The van der Waals surface area contributed by atoms with E-state index < -0.39 is 0 Å². The van der Waals surface area contributed by atoms with Gasteiger partial charge in [-0.1, -0.05) is 24.3 Å². The molecule has 1 amide bonds. The molecule has 2 aromatic rings. The number of ether oxygens (including phenoxy) is 2. The van der Waals surface area contributed by atoms with Crippen molar-refractivity contribution in [2.45, 2.75) is 19.3 Å². The molecule has 28 heavy (non-hydrogen) atoms. The molecule has 0 aliphatic carbocycles. The molecule has 5 heteroatoms. The molecule has 3 rings (SSSR count). The van der Waals surface area contributed by atoms with Gasteiger partial charge >= 0.3 is 0 Å². The number of hydrogen-bond acceptors (Lipinski definition) is 4. The number of para-hydroxylation sites is 1. The van der Waals surface area contributed by atoms with Gasteiger partial charge in [0.15, 0.2) is 11.5 Å². The second-order valence-electron chi connectivity index (χ2n) is 7.65. The Hall–Kier alpha value is -2.53. The van der Waals surface area contributed by atoms with Crippen LogP contribution in [-0.4, -0.2) is 52.2 Å². The molecule has 0 spiro atoms. The lowest BCUT2D eigenvalue weighted by molar-refractivity contribution is -0.118. The van der Waals surface area contributed by atoms with Crippen LogP contribution in [0.4, 0.5) is 5.69 Å². The number of benzene rings is 2. The van der Waals surface area contributed by atoms with Gasteiger partial charge in [-0.3, -0.25) is 4.79 Å². The van der Waals surface area contributed by atoms with E-state index in [4.69, 9.17) is 9.47 Å². The largest absolute Gasteiger partial charge is 0.493 e. The van der Waals surface area contributed by atoms with Crippen LogP contribution in [0.3, 0.4) is 0 Å². The number of anilines is 1. The first-order valence-corrected chi connectivity index (χ1v) is 9.75. The average Bonchev–Trinajstić information content (AvgIpc) is 2.70. The zero-order valence-corrected chi connectivity index (χ0v) is 17.3. The molecule has 1 unspecified atom stereocenters. The summed E-state index contributed by atoms with van der Waals surface area (Å²) in [6.45, 7) is 1.76. The summed E-state index contributed by atoms with van der Waals surface area (Å²) < 4.78 is 10.7. The zero-order chi connectivity index (χ0) is 20.1. The molecule has 1 atom stereocenters. The fraction of sp³-hybridized carbons (Fsp3) is 0.435. The van der Waals surface area contributed by atoms with E-state index in [0.717, 1.165) is 30.8 Å². The van der Waals surface area contributed by atoms with Crippen LogP contribution in [0.2, 0.25) is 0 Å². The summed E-state index contributed by atoms with van der Waals surface area (Å²) in [7, 11) is 7.43. The van der Waals surface area contributed by atoms with Gasteiger partial charge < -0.3 is 19.3 Å².